The van der Waals surface area contributed by atoms with Crippen LogP contribution in [0.2, 0.25) is 0 Å². The molecule has 0 aliphatic rings. The van der Waals surface area contributed by atoms with E-state index in [1.54, 1.807) is 6.20 Å². The largest absolute Gasteiger partial charge is 0.355 e. The van der Waals surface area contributed by atoms with Gasteiger partial charge in [-0.15, -0.1) is 0 Å². The SMILES string of the molecule is c1ccc(CONC(c2ccccc2)c2cc3ccncc3[nH]2)cc1. The Morgan fingerprint density at radius 2 is 1.72 bits per heavy atom. The first-order chi connectivity index (χ1) is 12.4. The van der Waals surface area contributed by atoms with Gasteiger partial charge in [0.25, 0.3) is 0 Å². The average molecular weight is 329 g/mol. The van der Waals surface area contributed by atoms with Crippen LogP contribution in [0.25, 0.3) is 10.9 Å². The van der Waals surface area contributed by atoms with Gasteiger partial charge in [-0.05, 0) is 23.3 Å². The fourth-order valence-electron chi connectivity index (χ4n) is 2.89. The zero-order chi connectivity index (χ0) is 16.9. The molecule has 0 amide bonds. The Hall–Kier alpha value is -2.95. The number of nitrogens with zero attached hydrogens (tertiary/aromatic N) is 1. The normalized spacial score (nSPS) is 12.3. The van der Waals surface area contributed by atoms with Gasteiger partial charge in [0.05, 0.1) is 24.4 Å². The van der Waals surface area contributed by atoms with Gasteiger partial charge in [-0.3, -0.25) is 9.82 Å². The molecule has 124 valence electrons. The molecule has 0 fully saturated rings. The molecule has 4 heteroatoms. The van der Waals surface area contributed by atoms with Crippen molar-refractivity contribution in [3.8, 4) is 0 Å². The summed E-state index contributed by atoms with van der Waals surface area (Å²) >= 11 is 0. The van der Waals surface area contributed by atoms with E-state index in [1.165, 1.54) is 0 Å². The molecule has 2 heterocycles. The Kier molecular flexibility index (Phi) is 4.55. The maximum absolute atomic E-state index is 5.80. The number of hydrogen-bond donors (Lipinski definition) is 2. The van der Waals surface area contributed by atoms with Crippen LogP contribution in [-0.2, 0) is 11.4 Å². The van der Waals surface area contributed by atoms with E-state index < -0.39 is 0 Å². The summed E-state index contributed by atoms with van der Waals surface area (Å²) < 4.78 is 0. The summed E-state index contributed by atoms with van der Waals surface area (Å²) in [5.74, 6) is 0. The van der Waals surface area contributed by atoms with Crippen LogP contribution in [0.15, 0.2) is 85.2 Å². The summed E-state index contributed by atoms with van der Waals surface area (Å²) in [5.41, 5.74) is 7.53. The van der Waals surface area contributed by atoms with Crippen LogP contribution in [0.5, 0.6) is 0 Å². The molecule has 0 aliphatic heterocycles. The minimum Gasteiger partial charge on any atom is -0.355 e. The third kappa shape index (κ3) is 3.60. The van der Waals surface area contributed by atoms with Gasteiger partial charge in [0.2, 0.25) is 0 Å². The highest BCUT2D eigenvalue weighted by Gasteiger charge is 2.16. The lowest BCUT2D eigenvalue weighted by Gasteiger charge is -2.18. The molecule has 25 heavy (non-hydrogen) atoms. The van der Waals surface area contributed by atoms with Gasteiger partial charge in [-0.25, -0.2) is 0 Å². The highest BCUT2D eigenvalue weighted by atomic mass is 16.6. The Morgan fingerprint density at radius 3 is 2.48 bits per heavy atom. The summed E-state index contributed by atoms with van der Waals surface area (Å²) in [7, 11) is 0. The molecule has 0 radical (unpaired) electrons. The zero-order valence-electron chi connectivity index (χ0n) is 13.7. The smallest absolute Gasteiger partial charge is 0.0971 e. The summed E-state index contributed by atoms with van der Waals surface area (Å²) in [6.45, 7) is 0.506. The van der Waals surface area contributed by atoms with E-state index in [2.05, 4.69) is 33.6 Å². The quantitative estimate of drug-likeness (QED) is 0.516. The van der Waals surface area contributed by atoms with Gasteiger partial charge in [0, 0.05) is 17.3 Å². The zero-order valence-corrected chi connectivity index (χ0v) is 13.7. The Labute approximate surface area is 146 Å². The van der Waals surface area contributed by atoms with Crippen LogP contribution in [-0.4, -0.2) is 9.97 Å². The molecule has 1 atom stereocenters. The molecule has 4 nitrogen and oxygen atoms in total. The molecule has 0 spiro atoms. The molecular formula is C21H19N3O. The van der Waals surface area contributed by atoms with Crippen molar-refractivity contribution in [2.75, 3.05) is 0 Å². The molecule has 1 unspecified atom stereocenters. The van der Waals surface area contributed by atoms with Crippen molar-refractivity contribution in [1.82, 2.24) is 15.4 Å². The predicted octanol–water partition coefficient (Wildman–Crippen LogP) is 4.37. The molecule has 4 aromatic rings. The van der Waals surface area contributed by atoms with Crippen LogP contribution in [0.1, 0.15) is 22.9 Å². The maximum Gasteiger partial charge on any atom is 0.0971 e. The molecule has 0 saturated heterocycles. The molecule has 2 N–H and O–H groups in total. The third-order valence-corrected chi connectivity index (χ3v) is 4.17. The minimum absolute atomic E-state index is 0.0858. The lowest BCUT2D eigenvalue weighted by Crippen LogP contribution is -2.23. The molecule has 0 bridgehead atoms. The Morgan fingerprint density at radius 1 is 0.960 bits per heavy atom. The second-order valence-electron chi connectivity index (χ2n) is 5.92. The second kappa shape index (κ2) is 7.30. The number of nitrogens with one attached hydrogen (secondary N) is 2. The van der Waals surface area contributed by atoms with Crippen molar-refractivity contribution in [1.29, 1.82) is 0 Å². The number of hydroxylamine groups is 1. The number of aromatic amines is 1. The fourth-order valence-corrected chi connectivity index (χ4v) is 2.89. The van der Waals surface area contributed by atoms with Gasteiger partial charge in [0.15, 0.2) is 0 Å². The van der Waals surface area contributed by atoms with E-state index in [4.69, 9.17) is 4.84 Å². The number of H-pyrrole nitrogens is 1. The monoisotopic (exact) mass is 329 g/mol. The summed E-state index contributed by atoms with van der Waals surface area (Å²) in [6.07, 6.45) is 3.64. The van der Waals surface area contributed by atoms with E-state index in [0.717, 1.165) is 27.7 Å². The summed E-state index contributed by atoms with van der Waals surface area (Å²) in [4.78, 5) is 13.4. The minimum atomic E-state index is -0.0858. The van der Waals surface area contributed by atoms with E-state index in [-0.39, 0.29) is 6.04 Å². The van der Waals surface area contributed by atoms with Gasteiger partial charge < -0.3 is 4.98 Å². The number of fused-ring (bicyclic) bond motifs is 1. The topological polar surface area (TPSA) is 49.9 Å². The first-order valence-corrected chi connectivity index (χ1v) is 8.29. The highest BCUT2D eigenvalue weighted by Crippen LogP contribution is 2.25. The Balaban J connectivity index is 1.58. The number of benzene rings is 2. The summed E-state index contributed by atoms with van der Waals surface area (Å²) in [6, 6.07) is 24.4. The first-order valence-electron chi connectivity index (χ1n) is 8.29. The van der Waals surface area contributed by atoms with Gasteiger partial charge in [-0.1, -0.05) is 60.7 Å². The maximum atomic E-state index is 5.80. The van der Waals surface area contributed by atoms with Crippen molar-refractivity contribution >= 4 is 10.9 Å². The molecule has 0 saturated carbocycles. The van der Waals surface area contributed by atoms with Crippen molar-refractivity contribution in [3.05, 3.63) is 102 Å². The number of aromatic nitrogens is 2. The van der Waals surface area contributed by atoms with Crippen molar-refractivity contribution in [2.24, 2.45) is 0 Å². The van der Waals surface area contributed by atoms with E-state index in [9.17, 15) is 0 Å². The second-order valence-corrected chi connectivity index (χ2v) is 5.92. The molecule has 0 aliphatic carbocycles. The molecular weight excluding hydrogens is 310 g/mol. The average Bonchev–Trinajstić information content (AvgIpc) is 3.10. The van der Waals surface area contributed by atoms with Gasteiger partial charge in [0.1, 0.15) is 0 Å². The molecule has 2 aromatic heterocycles. The van der Waals surface area contributed by atoms with Crippen LogP contribution < -0.4 is 5.48 Å². The predicted molar refractivity (Wildman–Crippen MR) is 98.7 cm³/mol. The van der Waals surface area contributed by atoms with Crippen LogP contribution in [0, 0.1) is 0 Å². The third-order valence-electron chi connectivity index (χ3n) is 4.17. The van der Waals surface area contributed by atoms with Crippen LogP contribution in [0.4, 0.5) is 0 Å². The van der Waals surface area contributed by atoms with Crippen molar-refractivity contribution in [2.45, 2.75) is 12.6 Å². The van der Waals surface area contributed by atoms with E-state index in [1.807, 2.05) is 60.8 Å². The summed E-state index contributed by atoms with van der Waals surface area (Å²) in [5, 5.41) is 1.13. The number of pyridine rings is 1. The van der Waals surface area contributed by atoms with Crippen molar-refractivity contribution in [3.63, 3.8) is 0 Å². The van der Waals surface area contributed by atoms with Gasteiger partial charge in [-0.2, -0.15) is 5.48 Å². The Bertz CT molecular complexity index is 902. The fraction of sp³-hybridized carbons (Fsp3) is 0.0952. The van der Waals surface area contributed by atoms with Crippen LogP contribution >= 0.6 is 0 Å². The molecule has 4 rings (SSSR count). The number of hydrogen-bond acceptors (Lipinski definition) is 3. The standard InChI is InChI=1S/C21H19N3O/c1-3-7-16(8-4-1)15-25-24-21(17-9-5-2-6-10-17)19-13-18-11-12-22-14-20(18)23-19/h1-14,21,23-24H,15H2. The van der Waals surface area contributed by atoms with Gasteiger partial charge >= 0.3 is 0 Å². The lowest BCUT2D eigenvalue weighted by atomic mass is 10.0. The number of rotatable bonds is 6. The van der Waals surface area contributed by atoms with Crippen LogP contribution in [0.3, 0.4) is 0 Å². The van der Waals surface area contributed by atoms with E-state index >= 15 is 0 Å². The molecule has 2 aromatic carbocycles. The lowest BCUT2D eigenvalue weighted by molar-refractivity contribution is 0.0109. The van der Waals surface area contributed by atoms with E-state index in [0.29, 0.717) is 6.61 Å². The van der Waals surface area contributed by atoms with Crippen molar-refractivity contribution < 1.29 is 4.84 Å². The highest BCUT2D eigenvalue weighted by molar-refractivity contribution is 5.79. The first kappa shape index (κ1) is 15.6.